The van der Waals surface area contributed by atoms with Crippen LogP contribution in [-0.4, -0.2) is 11.5 Å². The molecule has 0 aromatic heterocycles. The van der Waals surface area contributed by atoms with Gasteiger partial charge in [-0.1, -0.05) is 101 Å². The molecule has 0 rings (SSSR count). The van der Waals surface area contributed by atoms with Crippen molar-refractivity contribution < 1.29 is 0 Å². The number of rotatable bonds is 17. The van der Waals surface area contributed by atoms with Gasteiger partial charge in [0.1, 0.15) is 0 Å². The molecular weight excluding hydrogens is 375 g/mol. The van der Waals surface area contributed by atoms with Crippen LogP contribution < -0.4 is 0 Å². The second-order valence-electron chi connectivity index (χ2n) is 6.19. The van der Waals surface area contributed by atoms with E-state index >= 15 is 0 Å². The predicted octanol–water partition coefficient (Wildman–Crippen LogP) is 9.33. The van der Waals surface area contributed by atoms with Crippen LogP contribution in [0.1, 0.15) is 90.9 Å². The lowest BCUT2D eigenvalue weighted by atomic mass is 10.1. The molecular formula is C20H36Cl2S2. The molecule has 0 aromatic carbocycles. The molecule has 0 nitrogen and oxygen atoms in total. The Morgan fingerprint density at radius 3 is 1.54 bits per heavy atom. The van der Waals surface area contributed by atoms with Crippen molar-refractivity contribution in [1.82, 2.24) is 0 Å². The Balaban J connectivity index is 3.88. The molecule has 0 bridgehead atoms. The first-order valence-electron chi connectivity index (χ1n) is 9.67. The first kappa shape index (κ1) is 24.8. The molecule has 0 spiro atoms. The smallest absolute Gasteiger partial charge is 0.0535 e. The maximum absolute atomic E-state index is 6.08. The second-order valence-corrected chi connectivity index (χ2v) is 9.38. The Morgan fingerprint density at radius 2 is 1.12 bits per heavy atom. The van der Waals surface area contributed by atoms with Crippen LogP contribution in [0.4, 0.5) is 0 Å². The van der Waals surface area contributed by atoms with E-state index in [1.165, 1.54) is 98.3 Å². The fraction of sp³-hybridized carbons (Fsp3) is 0.800. The van der Waals surface area contributed by atoms with Gasteiger partial charge in [0, 0.05) is 9.77 Å². The highest BCUT2D eigenvalue weighted by Gasteiger charge is 2.02. The summed E-state index contributed by atoms with van der Waals surface area (Å²) in [7, 11) is 0. The molecule has 24 heavy (non-hydrogen) atoms. The molecule has 142 valence electrons. The lowest BCUT2D eigenvalue weighted by molar-refractivity contribution is 0.627. The van der Waals surface area contributed by atoms with E-state index in [4.69, 9.17) is 23.2 Å². The van der Waals surface area contributed by atoms with Crippen LogP contribution in [0.5, 0.6) is 0 Å². The van der Waals surface area contributed by atoms with Crippen LogP contribution in [0.2, 0.25) is 0 Å². The van der Waals surface area contributed by atoms with E-state index in [-0.39, 0.29) is 0 Å². The third kappa shape index (κ3) is 17.6. The number of unbranched alkanes of at least 4 members (excludes halogenated alkanes) is 10. The van der Waals surface area contributed by atoms with E-state index in [9.17, 15) is 0 Å². The van der Waals surface area contributed by atoms with Crippen molar-refractivity contribution in [3.63, 3.8) is 0 Å². The van der Waals surface area contributed by atoms with E-state index in [0.717, 1.165) is 0 Å². The topological polar surface area (TPSA) is 0 Å². The molecule has 0 unspecified atom stereocenters. The first-order valence-corrected chi connectivity index (χ1v) is 12.5. The average molecular weight is 412 g/mol. The lowest BCUT2D eigenvalue weighted by Crippen LogP contribution is -1.86. The molecule has 0 aliphatic rings. The monoisotopic (exact) mass is 410 g/mol. The highest BCUT2D eigenvalue weighted by atomic mass is 35.5. The molecule has 0 aliphatic heterocycles. The zero-order chi connectivity index (χ0) is 17.9. The van der Waals surface area contributed by atoms with Gasteiger partial charge in [-0.3, -0.25) is 0 Å². The molecule has 0 heterocycles. The van der Waals surface area contributed by atoms with Crippen molar-refractivity contribution in [1.29, 1.82) is 0 Å². The molecule has 0 saturated carbocycles. The summed E-state index contributed by atoms with van der Waals surface area (Å²) in [5.41, 5.74) is 1.46. The number of thioether (sulfide) groups is 2. The maximum Gasteiger partial charge on any atom is 0.0535 e. The summed E-state index contributed by atoms with van der Waals surface area (Å²) in [6, 6.07) is 0. The fourth-order valence-electron chi connectivity index (χ4n) is 2.38. The minimum atomic E-state index is 0.637. The highest BCUT2D eigenvalue weighted by molar-refractivity contribution is 8.22. The second kappa shape index (κ2) is 20.1. The quantitative estimate of drug-likeness (QED) is 0.173. The van der Waals surface area contributed by atoms with E-state index in [1.54, 1.807) is 0 Å². The number of hydrogen-bond donors (Lipinski definition) is 0. The minimum Gasteiger partial charge on any atom is -0.119 e. The maximum atomic E-state index is 6.08. The third-order valence-corrected chi connectivity index (χ3v) is 6.91. The van der Waals surface area contributed by atoms with Crippen molar-refractivity contribution in [2.45, 2.75) is 90.9 Å². The summed E-state index contributed by atoms with van der Waals surface area (Å²) in [5, 5.41) is 0.637. The van der Waals surface area contributed by atoms with Crippen LogP contribution >= 0.6 is 46.7 Å². The lowest BCUT2D eigenvalue weighted by Gasteiger charge is -2.07. The van der Waals surface area contributed by atoms with Gasteiger partial charge in [0.2, 0.25) is 0 Å². The molecule has 0 aliphatic carbocycles. The van der Waals surface area contributed by atoms with E-state index < -0.39 is 0 Å². The Hall–Kier alpha value is 0.760. The first-order chi connectivity index (χ1) is 11.7. The summed E-state index contributed by atoms with van der Waals surface area (Å²) in [6.07, 6.45) is 18.2. The number of hydrogen-bond acceptors (Lipinski definition) is 2. The zero-order valence-electron chi connectivity index (χ0n) is 15.6. The van der Waals surface area contributed by atoms with Gasteiger partial charge in [0.15, 0.2) is 0 Å². The number of halogens is 2. The van der Waals surface area contributed by atoms with Gasteiger partial charge in [-0.2, -0.15) is 0 Å². The number of allylic oxidation sites excluding steroid dienone is 2. The van der Waals surface area contributed by atoms with Crippen LogP contribution in [0, 0.1) is 0 Å². The van der Waals surface area contributed by atoms with Crippen molar-refractivity contribution in [2.75, 3.05) is 11.5 Å². The van der Waals surface area contributed by atoms with Crippen LogP contribution in [0.25, 0.3) is 0 Å². The van der Waals surface area contributed by atoms with Crippen LogP contribution in [0.15, 0.2) is 20.9 Å². The van der Waals surface area contributed by atoms with Crippen molar-refractivity contribution >= 4 is 46.7 Å². The molecule has 4 heteroatoms. The van der Waals surface area contributed by atoms with Gasteiger partial charge in [0.05, 0.1) is 5.03 Å². The van der Waals surface area contributed by atoms with Crippen molar-refractivity contribution in [3.8, 4) is 0 Å². The van der Waals surface area contributed by atoms with Crippen molar-refractivity contribution in [2.24, 2.45) is 0 Å². The highest BCUT2D eigenvalue weighted by Crippen LogP contribution is 2.32. The molecule has 0 radical (unpaired) electrons. The van der Waals surface area contributed by atoms with Crippen molar-refractivity contribution in [3.05, 3.63) is 20.9 Å². The minimum absolute atomic E-state index is 0.637. The molecule has 0 atom stereocenters. The molecule has 0 saturated heterocycles. The third-order valence-electron chi connectivity index (χ3n) is 3.84. The molecule has 0 N–H and O–H groups in total. The van der Waals surface area contributed by atoms with E-state index in [1.807, 2.05) is 29.6 Å². The average Bonchev–Trinajstić information content (AvgIpc) is 2.59. The SMILES string of the molecule is CCCCCCCCSC(=C/C(Cl)=C/Cl)SCCCCCCCC. The Morgan fingerprint density at radius 1 is 0.708 bits per heavy atom. The van der Waals surface area contributed by atoms with Gasteiger partial charge >= 0.3 is 0 Å². The van der Waals surface area contributed by atoms with E-state index in [2.05, 4.69) is 13.8 Å². The Labute approximate surface area is 169 Å². The van der Waals surface area contributed by atoms with Crippen LogP contribution in [-0.2, 0) is 0 Å². The van der Waals surface area contributed by atoms with Crippen LogP contribution in [0.3, 0.4) is 0 Å². The largest absolute Gasteiger partial charge is 0.119 e. The molecule has 0 aromatic rings. The predicted molar refractivity (Wildman–Crippen MR) is 120 cm³/mol. The summed E-state index contributed by atoms with van der Waals surface area (Å²) < 4.78 is 1.32. The zero-order valence-corrected chi connectivity index (χ0v) is 18.8. The van der Waals surface area contributed by atoms with E-state index in [0.29, 0.717) is 5.03 Å². The normalized spacial score (nSPS) is 11.8. The molecule has 0 fully saturated rings. The summed E-state index contributed by atoms with van der Waals surface area (Å²) in [4.78, 5) is 0. The standard InChI is InChI=1S/C20H36Cl2S2/c1-3-5-7-9-11-13-15-23-20(17-19(22)18-21)24-16-14-12-10-8-6-4-2/h17-18H,3-16H2,1-2H3/b19-18-. The summed E-state index contributed by atoms with van der Waals surface area (Å²) in [6.45, 7) is 4.53. The Kier molecular flexibility index (Phi) is 20.7. The van der Waals surface area contributed by atoms with Gasteiger partial charge in [-0.25, -0.2) is 0 Å². The fourth-order valence-corrected chi connectivity index (χ4v) is 5.03. The van der Waals surface area contributed by atoms with Gasteiger partial charge in [-0.05, 0) is 30.4 Å². The van der Waals surface area contributed by atoms with Gasteiger partial charge in [-0.15, -0.1) is 23.5 Å². The summed E-state index contributed by atoms with van der Waals surface area (Å²) >= 11 is 15.7. The summed E-state index contributed by atoms with van der Waals surface area (Å²) in [5.74, 6) is 2.38. The van der Waals surface area contributed by atoms with Gasteiger partial charge in [0.25, 0.3) is 0 Å². The Bertz CT molecular complexity index is 308. The van der Waals surface area contributed by atoms with Gasteiger partial charge < -0.3 is 0 Å². The molecule has 0 amide bonds.